The van der Waals surface area contributed by atoms with E-state index < -0.39 is 0 Å². The molecule has 0 aromatic carbocycles. The minimum absolute atomic E-state index is 0.237. The first-order chi connectivity index (χ1) is 7.25. The van der Waals surface area contributed by atoms with Gasteiger partial charge in [-0.1, -0.05) is 12.8 Å². The second-order valence-corrected chi connectivity index (χ2v) is 4.87. The van der Waals surface area contributed by atoms with Crippen molar-refractivity contribution in [3.8, 4) is 0 Å². The van der Waals surface area contributed by atoms with Gasteiger partial charge in [0, 0.05) is 11.6 Å². The first-order valence-corrected chi connectivity index (χ1v) is 5.94. The zero-order valence-electron chi connectivity index (χ0n) is 8.63. The van der Waals surface area contributed by atoms with E-state index in [1.54, 1.807) is 12.3 Å². The van der Waals surface area contributed by atoms with Crippen molar-refractivity contribution in [1.82, 2.24) is 4.98 Å². The Kier molecular flexibility index (Phi) is 3.57. The highest BCUT2D eigenvalue weighted by Crippen LogP contribution is 2.33. The summed E-state index contributed by atoms with van der Waals surface area (Å²) in [4.78, 5) is 3.90. The second kappa shape index (κ2) is 4.93. The van der Waals surface area contributed by atoms with Gasteiger partial charge in [-0.25, -0.2) is 4.39 Å². The number of rotatable bonds is 1. The van der Waals surface area contributed by atoms with Crippen molar-refractivity contribution in [3.63, 3.8) is 0 Å². The van der Waals surface area contributed by atoms with Crippen LogP contribution in [-0.4, -0.2) is 10.4 Å². The molecular weight excluding hydrogens is 213 g/mol. The molecule has 1 nitrogen and oxygen atoms in total. The van der Waals surface area contributed by atoms with Gasteiger partial charge in [-0.3, -0.25) is 4.98 Å². The number of halogens is 2. The van der Waals surface area contributed by atoms with E-state index in [4.69, 9.17) is 11.6 Å². The maximum Gasteiger partial charge on any atom is 0.141 e. The standard InChI is InChI=1S/C12H15ClFN/c13-11-4-2-1-3-9(5-11)10-6-12(14)8-15-7-10/h6-9,11H,1-5H2. The molecule has 1 aromatic rings. The van der Waals surface area contributed by atoms with Crippen molar-refractivity contribution in [1.29, 1.82) is 0 Å². The molecule has 0 spiro atoms. The molecule has 1 fully saturated rings. The smallest absolute Gasteiger partial charge is 0.141 e. The highest BCUT2D eigenvalue weighted by molar-refractivity contribution is 6.20. The topological polar surface area (TPSA) is 12.9 Å². The lowest BCUT2D eigenvalue weighted by atomic mass is 9.93. The van der Waals surface area contributed by atoms with Crippen molar-refractivity contribution < 1.29 is 4.39 Å². The SMILES string of the molecule is Fc1cncc(C2CCCCC(Cl)C2)c1. The Morgan fingerprint density at radius 3 is 2.87 bits per heavy atom. The lowest BCUT2D eigenvalue weighted by molar-refractivity contribution is 0.575. The quantitative estimate of drug-likeness (QED) is 0.524. The maximum atomic E-state index is 13.0. The van der Waals surface area contributed by atoms with Crippen molar-refractivity contribution in [2.45, 2.75) is 43.4 Å². The van der Waals surface area contributed by atoms with Crippen LogP contribution in [0.4, 0.5) is 4.39 Å². The molecule has 3 heteroatoms. The molecule has 1 saturated carbocycles. The van der Waals surface area contributed by atoms with Crippen LogP contribution >= 0.6 is 11.6 Å². The van der Waals surface area contributed by atoms with Crippen LogP contribution in [0.25, 0.3) is 0 Å². The first kappa shape index (κ1) is 10.9. The van der Waals surface area contributed by atoms with E-state index in [9.17, 15) is 4.39 Å². The molecule has 0 aliphatic heterocycles. The number of pyridine rings is 1. The zero-order valence-corrected chi connectivity index (χ0v) is 9.38. The van der Waals surface area contributed by atoms with Gasteiger partial charge >= 0.3 is 0 Å². The van der Waals surface area contributed by atoms with Crippen LogP contribution in [0.15, 0.2) is 18.5 Å². The number of alkyl halides is 1. The Hall–Kier alpha value is -0.630. The summed E-state index contributed by atoms with van der Waals surface area (Å²) in [5.74, 6) is 0.140. The minimum atomic E-state index is -0.247. The van der Waals surface area contributed by atoms with Gasteiger partial charge in [-0.15, -0.1) is 11.6 Å². The third-order valence-corrected chi connectivity index (χ3v) is 3.45. The van der Waals surface area contributed by atoms with Crippen LogP contribution in [0.1, 0.15) is 43.6 Å². The second-order valence-electron chi connectivity index (χ2n) is 4.25. The fourth-order valence-corrected chi connectivity index (χ4v) is 2.62. The average Bonchev–Trinajstić information content (AvgIpc) is 2.43. The zero-order chi connectivity index (χ0) is 10.7. The summed E-state index contributed by atoms with van der Waals surface area (Å²) in [7, 11) is 0. The molecule has 0 N–H and O–H groups in total. The normalized spacial score (nSPS) is 27.3. The Balaban J connectivity index is 2.14. The van der Waals surface area contributed by atoms with Crippen molar-refractivity contribution in [2.24, 2.45) is 0 Å². The molecule has 1 aromatic heterocycles. The molecule has 1 aliphatic rings. The molecule has 0 radical (unpaired) electrons. The fraction of sp³-hybridized carbons (Fsp3) is 0.583. The minimum Gasteiger partial charge on any atom is -0.261 e. The van der Waals surface area contributed by atoms with Crippen LogP contribution in [0, 0.1) is 5.82 Å². The molecule has 82 valence electrons. The molecule has 2 unspecified atom stereocenters. The summed E-state index contributed by atoms with van der Waals surface area (Å²) in [5.41, 5.74) is 1.00. The predicted octanol–water partition coefficient (Wildman–Crippen LogP) is 3.88. The molecule has 2 rings (SSSR count). The number of nitrogens with zero attached hydrogens (tertiary/aromatic N) is 1. The van der Waals surface area contributed by atoms with E-state index in [1.807, 2.05) is 0 Å². The highest BCUT2D eigenvalue weighted by atomic mass is 35.5. The van der Waals surface area contributed by atoms with Crippen molar-refractivity contribution in [3.05, 3.63) is 29.8 Å². The summed E-state index contributed by atoms with van der Waals surface area (Å²) in [6.07, 6.45) is 8.53. The van der Waals surface area contributed by atoms with E-state index in [0.717, 1.165) is 24.8 Å². The van der Waals surface area contributed by atoms with Crippen LogP contribution in [-0.2, 0) is 0 Å². The van der Waals surface area contributed by atoms with Gasteiger partial charge in [-0.05, 0) is 36.8 Å². The van der Waals surface area contributed by atoms with Crippen LogP contribution in [0.3, 0.4) is 0 Å². The van der Waals surface area contributed by atoms with Gasteiger partial charge in [0.1, 0.15) is 5.82 Å². The summed E-state index contributed by atoms with van der Waals surface area (Å²) in [5, 5.41) is 0.237. The van der Waals surface area contributed by atoms with Gasteiger partial charge in [0.05, 0.1) is 6.20 Å². The van der Waals surface area contributed by atoms with Crippen LogP contribution in [0.2, 0.25) is 0 Å². The molecule has 2 atom stereocenters. The first-order valence-electron chi connectivity index (χ1n) is 5.50. The fourth-order valence-electron chi connectivity index (χ4n) is 2.26. The largest absolute Gasteiger partial charge is 0.261 e. The Labute approximate surface area is 94.7 Å². The van der Waals surface area contributed by atoms with Gasteiger partial charge < -0.3 is 0 Å². The van der Waals surface area contributed by atoms with E-state index in [0.29, 0.717) is 5.92 Å². The predicted molar refractivity (Wildman–Crippen MR) is 59.7 cm³/mol. The highest BCUT2D eigenvalue weighted by Gasteiger charge is 2.20. The molecular formula is C12H15ClFN. The Morgan fingerprint density at radius 1 is 1.27 bits per heavy atom. The third-order valence-electron chi connectivity index (χ3n) is 3.06. The van der Waals surface area contributed by atoms with E-state index in [-0.39, 0.29) is 11.2 Å². The van der Waals surface area contributed by atoms with Crippen LogP contribution < -0.4 is 0 Å². The van der Waals surface area contributed by atoms with E-state index in [1.165, 1.54) is 19.0 Å². The van der Waals surface area contributed by atoms with E-state index in [2.05, 4.69) is 4.98 Å². The maximum absolute atomic E-state index is 13.0. The molecule has 15 heavy (non-hydrogen) atoms. The molecule has 0 bridgehead atoms. The van der Waals surface area contributed by atoms with Crippen molar-refractivity contribution in [2.75, 3.05) is 0 Å². The summed E-state index contributed by atoms with van der Waals surface area (Å²) in [6.45, 7) is 0. The van der Waals surface area contributed by atoms with E-state index >= 15 is 0 Å². The summed E-state index contributed by atoms with van der Waals surface area (Å²) < 4.78 is 13.0. The van der Waals surface area contributed by atoms with Crippen LogP contribution in [0.5, 0.6) is 0 Å². The van der Waals surface area contributed by atoms with Crippen molar-refractivity contribution >= 4 is 11.6 Å². The summed E-state index contributed by atoms with van der Waals surface area (Å²) in [6, 6.07) is 1.59. The lowest BCUT2D eigenvalue weighted by Crippen LogP contribution is -2.04. The molecule has 1 heterocycles. The lowest BCUT2D eigenvalue weighted by Gasteiger charge is -2.15. The Morgan fingerprint density at radius 2 is 2.07 bits per heavy atom. The third kappa shape index (κ3) is 2.91. The number of aromatic nitrogens is 1. The monoisotopic (exact) mass is 227 g/mol. The number of hydrogen-bond acceptors (Lipinski definition) is 1. The summed E-state index contributed by atoms with van der Waals surface area (Å²) >= 11 is 6.19. The Bertz CT molecular complexity index is 329. The van der Waals surface area contributed by atoms with Gasteiger partial charge in [0.25, 0.3) is 0 Å². The van der Waals surface area contributed by atoms with Gasteiger partial charge in [-0.2, -0.15) is 0 Å². The average molecular weight is 228 g/mol. The number of hydrogen-bond donors (Lipinski definition) is 0. The van der Waals surface area contributed by atoms with Gasteiger partial charge in [0.2, 0.25) is 0 Å². The molecule has 0 amide bonds. The molecule has 1 aliphatic carbocycles. The van der Waals surface area contributed by atoms with Gasteiger partial charge in [0.15, 0.2) is 0 Å². The molecule has 0 saturated heterocycles.